The molecule has 2 saturated heterocycles. The summed E-state index contributed by atoms with van der Waals surface area (Å²) in [4.78, 5) is 59.3. The molecule has 15 nitrogen and oxygen atoms in total. The largest absolute Gasteiger partial charge is 0.474 e. The van der Waals surface area contributed by atoms with Crippen molar-refractivity contribution in [2.45, 2.75) is 129 Å². The number of thiazole rings is 1. The van der Waals surface area contributed by atoms with Crippen molar-refractivity contribution in [3.8, 4) is 27.4 Å². The van der Waals surface area contributed by atoms with E-state index in [0.29, 0.717) is 12.5 Å². The summed E-state index contributed by atoms with van der Waals surface area (Å²) in [6.07, 6.45) is 12.2. The normalized spacial score (nSPS) is 20.6. The van der Waals surface area contributed by atoms with E-state index in [1.807, 2.05) is 89.1 Å². The van der Waals surface area contributed by atoms with Crippen LogP contribution in [-0.2, 0) is 30.9 Å². The lowest BCUT2D eigenvalue weighted by molar-refractivity contribution is -0.144. The Morgan fingerprint density at radius 3 is 2.33 bits per heavy atom. The first-order chi connectivity index (χ1) is 34.7. The van der Waals surface area contributed by atoms with Crippen LogP contribution >= 0.6 is 11.3 Å². The van der Waals surface area contributed by atoms with Crippen LogP contribution < -0.4 is 15.4 Å². The maximum Gasteiger partial charge on any atom is 0.246 e. The predicted octanol–water partition coefficient (Wildman–Crippen LogP) is 8.17. The van der Waals surface area contributed by atoms with E-state index in [-0.39, 0.29) is 49.8 Å². The fourth-order valence-electron chi connectivity index (χ4n) is 10.4. The summed E-state index contributed by atoms with van der Waals surface area (Å²) in [6, 6.07) is 18.5. The Morgan fingerprint density at radius 2 is 1.61 bits per heavy atom. The highest BCUT2D eigenvalue weighted by Crippen LogP contribution is 2.34. The van der Waals surface area contributed by atoms with Crippen molar-refractivity contribution < 1.29 is 33.7 Å². The topological polar surface area (TPSA) is 173 Å². The monoisotopic (exact) mass is 999 g/mol. The highest BCUT2D eigenvalue weighted by Gasteiger charge is 2.45. The number of fused-ring (bicyclic) bond motifs is 3. The lowest BCUT2D eigenvalue weighted by atomic mass is 9.85. The van der Waals surface area contributed by atoms with Crippen molar-refractivity contribution >= 4 is 50.9 Å². The molecule has 1 saturated carbocycles. The quantitative estimate of drug-likeness (QED) is 0.0669. The van der Waals surface area contributed by atoms with Gasteiger partial charge in [0.25, 0.3) is 0 Å². The number of aliphatic hydroxyl groups is 1. The third-order valence-corrected chi connectivity index (χ3v) is 15.7. The summed E-state index contributed by atoms with van der Waals surface area (Å²) in [5.74, 6) is -0.489. The number of benzene rings is 2. The molecule has 4 atom stereocenters. The molecule has 9 rings (SSSR count). The van der Waals surface area contributed by atoms with Crippen molar-refractivity contribution in [3.63, 3.8) is 0 Å². The van der Waals surface area contributed by atoms with Crippen molar-refractivity contribution in [3.05, 3.63) is 96.0 Å². The molecule has 0 spiro atoms. The molecule has 3 fully saturated rings. The minimum Gasteiger partial charge on any atom is -0.474 e. The fourth-order valence-corrected chi connectivity index (χ4v) is 11.2. The van der Waals surface area contributed by atoms with Crippen LogP contribution in [0, 0.1) is 12.3 Å². The first kappa shape index (κ1) is 51.1. The molecule has 16 heteroatoms. The van der Waals surface area contributed by atoms with Gasteiger partial charge in [-0.25, -0.2) is 9.97 Å². The number of piperidine rings is 1. The van der Waals surface area contributed by atoms with Gasteiger partial charge in [-0.2, -0.15) is 0 Å². The van der Waals surface area contributed by atoms with Crippen LogP contribution in [0.4, 0.5) is 0 Å². The van der Waals surface area contributed by atoms with E-state index in [9.17, 15) is 19.5 Å². The van der Waals surface area contributed by atoms with Gasteiger partial charge in [-0.15, -0.1) is 11.3 Å². The van der Waals surface area contributed by atoms with Gasteiger partial charge in [-0.05, 0) is 92.8 Å². The number of aliphatic hydroxyl groups excluding tert-OH is 1. The van der Waals surface area contributed by atoms with Gasteiger partial charge < -0.3 is 44.3 Å². The first-order valence-electron chi connectivity index (χ1n) is 25.7. The molecule has 0 bridgehead atoms. The van der Waals surface area contributed by atoms with E-state index in [1.54, 1.807) is 11.3 Å². The van der Waals surface area contributed by atoms with Crippen molar-refractivity contribution in [1.29, 1.82) is 0 Å². The number of likely N-dealkylation sites (tertiary alicyclic amines) is 2. The lowest BCUT2D eigenvalue weighted by Gasteiger charge is -2.39. The van der Waals surface area contributed by atoms with Gasteiger partial charge >= 0.3 is 0 Å². The van der Waals surface area contributed by atoms with Crippen molar-refractivity contribution in [1.82, 2.24) is 40.0 Å². The summed E-state index contributed by atoms with van der Waals surface area (Å²) in [7, 11) is 2.09. The number of carbonyl (C=O) groups is 3. The maximum atomic E-state index is 14.1. The van der Waals surface area contributed by atoms with E-state index in [0.717, 1.165) is 103 Å². The molecule has 382 valence electrons. The summed E-state index contributed by atoms with van der Waals surface area (Å²) in [6.45, 7) is 12.8. The molecule has 72 heavy (non-hydrogen) atoms. The van der Waals surface area contributed by atoms with Crippen molar-refractivity contribution in [2.75, 3.05) is 39.4 Å². The zero-order valence-corrected chi connectivity index (χ0v) is 43.3. The highest BCUT2D eigenvalue weighted by molar-refractivity contribution is 7.13. The summed E-state index contributed by atoms with van der Waals surface area (Å²) >= 11 is 1.59. The number of hydrogen-bond donors (Lipinski definition) is 3. The van der Waals surface area contributed by atoms with Crippen molar-refractivity contribution in [2.24, 2.45) is 12.5 Å². The van der Waals surface area contributed by atoms with Gasteiger partial charge in [0.15, 0.2) is 0 Å². The number of rotatable bonds is 19. The molecule has 6 aromatic rings. The molecule has 3 N–H and O–H groups in total. The Labute approximate surface area is 426 Å². The Hall–Kier alpha value is -5.78. The van der Waals surface area contributed by atoms with Crippen LogP contribution in [0.15, 0.2) is 84.8 Å². The molecular weight excluding hydrogens is 929 g/mol. The highest BCUT2D eigenvalue weighted by atomic mass is 32.1. The molecule has 4 aromatic heterocycles. The standard InChI is InChI=1S/C56H70N8O7S/c1-35(37-10-12-38(13-11-37)52-36(2)59-34-72-52)60-54(67)49-27-41(65)32-64(49)55(68)53(56(3,4)5)61-50(66)33-69-25-9-7-8-22-63-23-19-42(20-24-63)70-43-28-44(29-43)71-51-17-15-40(30-58-51)39-14-16-45-46-31-57-21-18-47(46)62(6)48(45)26-39/h10-18,21,26,30-31,34-35,41-44,49,53,65H,7-9,19-20,22-25,27-29,32-33H2,1-6H3,(H,60,67)(H,61,66)/t35-,41+,43?,44?,49-,53+/m0/s1. The number of aromatic nitrogens is 4. The second-order valence-corrected chi connectivity index (χ2v) is 21.9. The third-order valence-electron chi connectivity index (χ3n) is 14.7. The van der Waals surface area contributed by atoms with E-state index < -0.39 is 35.4 Å². The number of β-amino-alcohol motifs (C(OH)–C–C–N with tert-alkyl or cyclic N) is 1. The van der Waals surface area contributed by atoms with Gasteiger partial charge in [-0.1, -0.05) is 57.2 Å². The number of hydrogen-bond acceptors (Lipinski definition) is 12. The lowest BCUT2D eigenvalue weighted by Crippen LogP contribution is -2.58. The summed E-state index contributed by atoms with van der Waals surface area (Å²) in [5, 5.41) is 18.9. The van der Waals surface area contributed by atoms with Crippen LogP contribution in [0.25, 0.3) is 43.4 Å². The number of unbranched alkanes of at least 4 members (excludes halogenated alkanes) is 2. The Morgan fingerprint density at radius 1 is 0.847 bits per heavy atom. The molecule has 2 aliphatic heterocycles. The maximum absolute atomic E-state index is 14.1. The smallest absolute Gasteiger partial charge is 0.246 e. The zero-order valence-electron chi connectivity index (χ0n) is 42.5. The number of pyridine rings is 2. The number of nitrogens with zero attached hydrogens (tertiary/aromatic N) is 6. The van der Waals surface area contributed by atoms with Crippen LogP contribution in [0.2, 0.25) is 0 Å². The number of amides is 3. The minimum absolute atomic E-state index is 0.0111. The molecular formula is C56H70N8O7S. The summed E-state index contributed by atoms with van der Waals surface area (Å²) in [5.41, 5.74) is 8.62. The molecule has 3 amide bonds. The molecule has 0 unspecified atom stereocenters. The second kappa shape index (κ2) is 22.5. The Kier molecular flexibility index (Phi) is 16.0. The van der Waals surface area contributed by atoms with E-state index >= 15 is 0 Å². The number of carbonyl (C=O) groups excluding carboxylic acids is 3. The van der Waals surface area contributed by atoms with Crippen LogP contribution in [-0.4, -0.2) is 128 Å². The molecule has 1 aliphatic carbocycles. The molecule has 3 aliphatic rings. The molecule has 0 radical (unpaired) electrons. The number of ether oxygens (including phenoxy) is 3. The van der Waals surface area contributed by atoms with Crippen LogP contribution in [0.5, 0.6) is 5.88 Å². The van der Waals surface area contributed by atoms with Gasteiger partial charge in [0.05, 0.1) is 46.0 Å². The average Bonchev–Trinajstić information content (AvgIpc) is 4.06. The number of nitrogens with one attached hydrogen (secondary N) is 2. The molecule has 2 aromatic carbocycles. The second-order valence-electron chi connectivity index (χ2n) is 21.1. The van der Waals surface area contributed by atoms with Gasteiger partial charge in [0.2, 0.25) is 23.6 Å². The molecule has 6 heterocycles. The van der Waals surface area contributed by atoms with Gasteiger partial charge in [0, 0.05) is 99.1 Å². The predicted molar refractivity (Wildman–Crippen MR) is 280 cm³/mol. The zero-order chi connectivity index (χ0) is 50.5. The van der Waals surface area contributed by atoms with Gasteiger partial charge in [-0.3, -0.25) is 19.4 Å². The Balaban J connectivity index is 0.630. The van der Waals surface area contributed by atoms with E-state index in [2.05, 4.69) is 72.4 Å². The fraction of sp³-hybridized carbons (Fsp3) is 0.500. The van der Waals surface area contributed by atoms with Crippen LogP contribution in [0.3, 0.4) is 0 Å². The van der Waals surface area contributed by atoms with Gasteiger partial charge in [0.1, 0.15) is 24.8 Å². The van der Waals surface area contributed by atoms with E-state index in [4.69, 9.17) is 14.2 Å². The van der Waals surface area contributed by atoms with Crippen LogP contribution in [0.1, 0.15) is 96.4 Å². The summed E-state index contributed by atoms with van der Waals surface area (Å²) < 4.78 is 20.7. The van der Waals surface area contributed by atoms with E-state index in [1.165, 1.54) is 21.3 Å². The third kappa shape index (κ3) is 12.0. The Bertz CT molecular complexity index is 2810. The first-order valence-corrected chi connectivity index (χ1v) is 26.6. The number of aryl methyl sites for hydroxylation is 2. The average molecular weight is 999 g/mol. The minimum atomic E-state index is -0.918. The SMILES string of the molecule is Cc1ncsc1-c1ccc([C@H](C)NC(=O)[C@@H]2C[C@@H](O)CN2C(=O)[C@@H](NC(=O)COCCCCCN2CCC(OC3CC(Oc4ccc(-c5ccc6c7cnccc7n(C)c6c5)cn4)C3)CC2)C(C)(C)C)cc1.